The third kappa shape index (κ3) is 2.91. The zero-order valence-corrected chi connectivity index (χ0v) is 10.4. The highest BCUT2D eigenvalue weighted by Crippen LogP contribution is 2.24. The van der Waals surface area contributed by atoms with Crippen LogP contribution < -0.4 is 0 Å². The molecular weight excluding hydrogens is 228 g/mol. The van der Waals surface area contributed by atoms with E-state index in [1.54, 1.807) is 0 Å². The van der Waals surface area contributed by atoms with Crippen molar-refractivity contribution in [2.24, 2.45) is 0 Å². The van der Waals surface area contributed by atoms with Gasteiger partial charge in [-0.05, 0) is 42.4 Å². The molecule has 3 nitrogen and oxygen atoms in total. The highest BCUT2D eigenvalue weighted by atomic mass is 16.5. The summed E-state index contributed by atoms with van der Waals surface area (Å²) in [5.41, 5.74) is 3.39. The molecule has 0 aromatic heterocycles. The first-order valence-corrected chi connectivity index (χ1v) is 6.10. The number of aryl methyl sites for hydroxylation is 2. The molecule has 0 radical (unpaired) electrons. The predicted molar refractivity (Wildman–Crippen MR) is 67.8 cm³/mol. The van der Waals surface area contributed by atoms with E-state index >= 15 is 0 Å². The van der Waals surface area contributed by atoms with Crippen molar-refractivity contribution in [3.63, 3.8) is 0 Å². The second-order valence-electron chi connectivity index (χ2n) is 4.40. The van der Waals surface area contributed by atoms with Crippen molar-refractivity contribution >= 4 is 5.97 Å². The Morgan fingerprint density at radius 2 is 2.06 bits per heavy atom. The predicted octanol–water partition coefficient (Wildman–Crippen LogP) is 1.78. The lowest BCUT2D eigenvalue weighted by molar-refractivity contribution is -0.133. The van der Waals surface area contributed by atoms with Crippen molar-refractivity contribution in [3.05, 3.63) is 34.9 Å². The van der Waals surface area contributed by atoms with Crippen LogP contribution in [0, 0.1) is 11.8 Å². The molecule has 1 aromatic rings. The van der Waals surface area contributed by atoms with Crippen molar-refractivity contribution in [2.75, 3.05) is 7.11 Å². The van der Waals surface area contributed by atoms with Crippen LogP contribution in [0.2, 0.25) is 0 Å². The fraction of sp³-hybridized carbons (Fsp3) is 0.400. The standard InChI is InChI=1S/C15H16O3/c1-18-15(17)9-8-14(16)13-7-6-11-4-2-3-5-12(11)10-13/h6-7,10,14,16H,2-5H2,1H3. The number of aliphatic hydroxyl groups is 1. The van der Waals surface area contributed by atoms with Gasteiger partial charge in [0, 0.05) is 5.92 Å². The zero-order valence-electron chi connectivity index (χ0n) is 10.4. The number of rotatable bonds is 1. The Kier molecular flexibility index (Phi) is 4.01. The summed E-state index contributed by atoms with van der Waals surface area (Å²) in [6.45, 7) is 0. The number of hydrogen-bond donors (Lipinski definition) is 1. The Morgan fingerprint density at radius 1 is 1.33 bits per heavy atom. The van der Waals surface area contributed by atoms with Crippen LogP contribution in [0.3, 0.4) is 0 Å². The molecule has 1 aliphatic rings. The number of ether oxygens (including phenoxy) is 1. The zero-order chi connectivity index (χ0) is 13.0. The summed E-state index contributed by atoms with van der Waals surface area (Å²) >= 11 is 0. The molecule has 0 fully saturated rings. The molecule has 1 N–H and O–H groups in total. The van der Waals surface area contributed by atoms with Gasteiger partial charge in [0.15, 0.2) is 0 Å². The molecule has 0 spiro atoms. The molecule has 1 aliphatic carbocycles. The van der Waals surface area contributed by atoms with Gasteiger partial charge in [-0.3, -0.25) is 0 Å². The lowest BCUT2D eigenvalue weighted by atomic mass is 9.89. The van der Waals surface area contributed by atoms with Crippen LogP contribution in [-0.2, 0) is 22.4 Å². The molecule has 18 heavy (non-hydrogen) atoms. The maximum absolute atomic E-state index is 10.9. The van der Waals surface area contributed by atoms with Gasteiger partial charge in [0.2, 0.25) is 0 Å². The summed E-state index contributed by atoms with van der Waals surface area (Å²) in [5, 5.41) is 9.89. The van der Waals surface area contributed by atoms with E-state index in [4.69, 9.17) is 0 Å². The molecule has 0 heterocycles. The summed E-state index contributed by atoms with van der Waals surface area (Å²) in [4.78, 5) is 10.9. The van der Waals surface area contributed by atoms with E-state index < -0.39 is 12.1 Å². The molecule has 3 heteroatoms. The molecule has 0 saturated carbocycles. The number of benzene rings is 1. The monoisotopic (exact) mass is 244 g/mol. The largest absolute Gasteiger partial charge is 0.459 e. The van der Waals surface area contributed by atoms with E-state index in [0.29, 0.717) is 0 Å². The molecular formula is C15H16O3. The smallest absolute Gasteiger partial charge is 0.384 e. The Hall–Kier alpha value is -1.79. The Labute approximate surface area is 107 Å². The fourth-order valence-electron chi connectivity index (χ4n) is 2.19. The molecule has 1 atom stereocenters. The third-order valence-corrected chi connectivity index (χ3v) is 3.18. The Morgan fingerprint density at radius 3 is 2.78 bits per heavy atom. The van der Waals surface area contributed by atoms with Crippen molar-refractivity contribution in [1.82, 2.24) is 0 Å². The quantitative estimate of drug-likeness (QED) is 0.465. The van der Waals surface area contributed by atoms with Crippen LogP contribution in [-0.4, -0.2) is 18.2 Å². The summed E-state index contributed by atoms with van der Waals surface area (Å²) in [5.74, 6) is 4.10. The normalized spacial score (nSPS) is 15.0. The summed E-state index contributed by atoms with van der Waals surface area (Å²) in [6, 6.07) is 5.92. The van der Waals surface area contributed by atoms with Crippen LogP contribution in [0.5, 0.6) is 0 Å². The van der Waals surface area contributed by atoms with Gasteiger partial charge < -0.3 is 9.84 Å². The fourth-order valence-corrected chi connectivity index (χ4v) is 2.19. The number of methoxy groups -OCH3 is 1. The number of carbonyl (C=O) groups is 1. The van der Waals surface area contributed by atoms with Gasteiger partial charge in [0.25, 0.3) is 0 Å². The highest BCUT2D eigenvalue weighted by Gasteiger charge is 2.12. The summed E-state index contributed by atoms with van der Waals surface area (Å²) in [7, 11) is 1.27. The van der Waals surface area contributed by atoms with Gasteiger partial charge >= 0.3 is 5.97 Å². The van der Waals surface area contributed by atoms with Gasteiger partial charge in [0.1, 0.15) is 6.10 Å². The number of carbonyl (C=O) groups excluding carboxylic acids is 1. The van der Waals surface area contributed by atoms with E-state index in [1.807, 2.05) is 18.2 Å². The summed E-state index contributed by atoms with van der Waals surface area (Å²) in [6.07, 6.45) is 3.66. The van der Waals surface area contributed by atoms with Crippen molar-refractivity contribution in [1.29, 1.82) is 0 Å². The maximum atomic E-state index is 10.9. The molecule has 94 valence electrons. The summed E-state index contributed by atoms with van der Waals surface area (Å²) < 4.78 is 4.40. The van der Waals surface area contributed by atoms with E-state index in [2.05, 4.69) is 16.6 Å². The van der Waals surface area contributed by atoms with Crippen LogP contribution in [0.1, 0.15) is 35.6 Å². The molecule has 2 rings (SSSR count). The first kappa shape index (κ1) is 12.7. The van der Waals surface area contributed by atoms with Crippen LogP contribution in [0.25, 0.3) is 0 Å². The van der Waals surface area contributed by atoms with Gasteiger partial charge in [-0.15, -0.1) is 0 Å². The van der Waals surface area contributed by atoms with E-state index in [9.17, 15) is 9.90 Å². The lowest BCUT2D eigenvalue weighted by Crippen LogP contribution is -2.05. The van der Waals surface area contributed by atoms with Crippen LogP contribution in [0.4, 0.5) is 0 Å². The second-order valence-corrected chi connectivity index (χ2v) is 4.40. The minimum absolute atomic E-state index is 0.632. The van der Waals surface area contributed by atoms with Gasteiger partial charge in [0.05, 0.1) is 7.11 Å². The number of esters is 1. The van der Waals surface area contributed by atoms with Gasteiger partial charge in [-0.2, -0.15) is 0 Å². The van der Waals surface area contributed by atoms with E-state index in [1.165, 1.54) is 31.1 Å². The first-order chi connectivity index (χ1) is 8.70. The first-order valence-electron chi connectivity index (χ1n) is 6.10. The topological polar surface area (TPSA) is 46.5 Å². The van der Waals surface area contributed by atoms with Crippen molar-refractivity contribution in [2.45, 2.75) is 31.8 Å². The van der Waals surface area contributed by atoms with Crippen molar-refractivity contribution < 1.29 is 14.6 Å². The number of aliphatic hydroxyl groups excluding tert-OH is 1. The molecule has 0 aliphatic heterocycles. The van der Waals surface area contributed by atoms with Crippen molar-refractivity contribution in [3.8, 4) is 11.8 Å². The highest BCUT2D eigenvalue weighted by molar-refractivity contribution is 5.88. The average Bonchev–Trinajstić information content (AvgIpc) is 2.43. The Balaban J connectivity index is 2.17. The second kappa shape index (κ2) is 5.70. The molecule has 1 unspecified atom stereocenters. The maximum Gasteiger partial charge on any atom is 0.384 e. The Bertz CT molecular complexity index is 508. The molecule has 0 saturated heterocycles. The average molecular weight is 244 g/mol. The van der Waals surface area contributed by atoms with E-state index in [0.717, 1.165) is 18.4 Å². The van der Waals surface area contributed by atoms with E-state index in [-0.39, 0.29) is 0 Å². The van der Waals surface area contributed by atoms with Gasteiger partial charge in [-0.25, -0.2) is 4.79 Å². The van der Waals surface area contributed by atoms with Crippen LogP contribution in [0.15, 0.2) is 18.2 Å². The number of fused-ring (bicyclic) bond motifs is 1. The minimum Gasteiger partial charge on any atom is -0.459 e. The molecule has 1 aromatic carbocycles. The SMILES string of the molecule is COC(=O)C#CC(O)c1ccc2c(c1)CCCC2. The van der Waals surface area contributed by atoms with Crippen LogP contribution >= 0.6 is 0 Å². The molecule has 0 amide bonds. The lowest BCUT2D eigenvalue weighted by Gasteiger charge is -2.17. The molecule has 0 bridgehead atoms. The third-order valence-electron chi connectivity index (χ3n) is 3.18. The minimum atomic E-state index is -0.934. The van der Waals surface area contributed by atoms with Gasteiger partial charge in [-0.1, -0.05) is 24.1 Å². The number of hydrogen-bond acceptors (Lipinski definition) is 3.